The van der Waals surface area contributed by atoms with Gasteiger partial charge in [-0.15, -0.1) is 0 Å². The molecule has 3 heterocycles. The van der Waals surface area contributed by atoms with Gasteiger partial charge in [0, 0.05) is 18.3 Å². The van der Waals surface area contributed by atoms with E-state index in [0.29, 0.717) is 11.4 Å². The van der Waals surface area contributed by atoms with E-state index in [-0.39, 0.29) is 18.2 Å². The van der Waals surface area contributed by atoms with Crippen LogP contribution in [0.15, 0.2) is 47.3 Å². The van der Waals surface area contributed by atoms with Crippen molar-refractivity contribution in [3.05, 3.63) is 71.1 Å². The maximum Gasteiger partial charge on any atom is 0.449 e. The molecule has 0 unspecified atom stereocenters. The Hall–Kier alpha value is -3.07. The number of imidazole rings is 1. The standard InChI is InChI=1S/C19H17F3N4O2/c20-19(21,22)16-4-3-15(28-16)9-26-10-17(24-11-26)25-18(27)13-1-2-14-8-23-6-5-12(14)7-13/h1-4,7,10-11,23H,5-6,8-9H2,(H,25,27). The third kappa shape index (κ3) is 3.94. The van der Waals surface area contributed by atoms with Crippen LogP contribution in [0.2, 0.25) is 0 Å². The number of anilines is 1. The summed E-state index contributed by atoms with van der Waals surface area (Å²) in [6, 6.07) is 7.73. The van der Waals surface area contributed by atoms with Gasteiger partial charge >= 0.3 is 6.18 Å². The molecule has 0 atom stereocenters. The molecule has 2 aromatic heterocycles. The van der Waals surface area contributed by atoms with Crippen molar-refractivity contribution in [1.82, 2.24) is 14.9 Å². The molecule has 28 heavy (non-hydrogen) atoms. The number of amides is 1. The van der Waals surface area contributed by atoms with E-state index in [4.69, 9.17) is 4.42 Å². The van der Waals surface area contributed by atoms with E-state index >= 15 is 0 Å². The van der Waals surface area contributed by atoms with Crippen LogP contribution in [0.5, 0.6) is 0 Å². The summed E-state index contributed by atoms with van der Waals surface area (Å²) in [4.78, 5) is 16.5. The largest absolute Gasteiger partial charge is 0.455 e. The fourth-order valence-corrected chi connectivity index (χ4v) is 3.11. The Bertz CT molecular complexity index is 1010. The normalized spacial score (nSPS) is 14.0. The van der Waals surface area contributed by atoms with Gasteiger partial charge in [0.2, 0.25) is 5.76 Å². The number of aromatic nitrogens is 2. The molecule has 0 spiro atoms. The molecular formula is C19H17F3N4O2. The molecule has 0 saturated carbocycles. The smallest absolute Gasteiger partial charge is 0.449 e. The summed E-state index contributed by atoms with van der Waals surface area (Å²) < 4.78 is 44.1. The molecule has 0 radical (unpaired) electrons. The molecule has 146 valence electrons. The minimum Gasteiger partial charge on any atom is -0.455 e. The Kier molecular flexibility index (Phi) is 4.68. The lowest BCUT2D eigenvalue weighted by molar-refractivity contribution is -0.153. The lowest BCUT2D eigenvalue weighted by atomic mass is 9.98. The minimum atomic E-state index is -4.52. The van der Waals surface area contributed by atoms with E-state index in [1.165, 1.54) is 28.7 Å². The second kappa shape index (κ2) is 7.16. The number of hydrogen-bond acceptors (Lipinski definition) is 4. The van der Waals surface area contributed by atoms with E-state index in [1.807, 2.05) is 12.1 Å². The summed E-state index contributed by atoms with van der Waals surface area (Å²) in [7, 11) is 0. The van der Waals surface area contributed by atoms with Crippen LogP contribution in [-0.4, -0.2) is 22.0 Å². The van der Waals surface area contributed by atoms with Gasteiger partial charge in [0.25, 0.3) is 5.91 Å². The van der Waals surface area contributed by atoms with Crippen LogP contribution < -0.4 is 10.6 Å². The van der Waals surface area contributed by atoms with Gasteiger partial charge < -0.3 is 19.6 Å². The zero-order valence-corrected chi connectivity index (χ0v) is 14.7. The van der Waals surface area contributed by atoms with Crippen LogP contribution in [0.4, 0.5) is 19.0 Å². The molecule has 9 heteroatoms. The quantitative estimate of drug-likeness (QED) is 0.716. The summed E-state index contributed by atoms with van der Waals surface area (Å²) in [6.45, 7) is 1.75. The lowest BCUT2D eigenvalue weighted by Gasteiger charge is -2.17. The van der Waals surface area contributed by atoms with Gasteiger partial charge in [-0.2, -0.15) is 13.2 Å². The highest BCUT2D eigenvalue weighted by Crippen LogP contribution is 2.30. The Balaban J connectivity index is 1.42. The summed E-state index contributed by atoms with van der Waals surface area (Å²) in [5.74, 6) is -0.874. The first-order valence-corrected chi connectivity index (χ1v) is 8.70. The van der Waals surface area contributed by atoms with E-state index in [2.05, 4.69) is 15.6 Å². The lowest BCUT2D eigenvalue weighted by Crippen LogP contribution is -2.24. The maximum atomic E-state index is 12.6. The first kappa shape index (κ1) is 18.3. The molecule has 0 saturated heterocycles. The SMILES string of the molecule is O=C(Nc1cn(Cc2ccc(C(F)(F)F)o2)cn1)c1ccc2c(c1)CCNC2. The van der Waals surface area contributed by atoms with Crippen LogP contribution >= 0.6 is 0 Å². The number of furan rings is 1. The Morgan fingerprint density at radius 2 is 2.11 bits per heavy atom. The molecule has 3 aromatic rings. The average Bonchev–Trinajstić information content (AvgIpc) is 3.31. The number of alkyl halides is 3. The van der Waals surface area contributed by atoms with Gasteiger partial charge in [0.1, 0.15) is 5.76 Å². The number of fused-ring (bicyclic) bond motifs is 1. The van der Waals surface area contributed by atoms with Crippen molar-refractivity contribution in [2.45, 2.75) is 25.7 Å². The van der Waals surface area contributed by atoms with E-state index < -0.39 is 11.9 Å². The number of nitrogens with zero attached hydrogens (tertiary/aromatic N) is 2. The third-order valence-electron chi connectivity index (χ3n) is 4.51. The fourth-order valence-electron chi connectivity index (χ4n) is 3.11. The molecular weight excluding hydrogens is 373 g/mol. The molecule has 6 nitrogen and oxygen atoms in total. The van der Waals surface area contributed by atoms with Gasteiger partial charge in [-0.25, -0.2) is 4.98 Å². The summed E-state index contributed by atoms with van der Waals surface area (Å²) in [5.41, 5.74) is 2.87. The topological polar surface area (TPSA) is 72.1 Å². The Morgan fingerprint density at radius 3 is 2.89 bits per heavy atom. The van der Waals surface area contributed by atoms with Crippen molar-refractivity contribution in [3.8, 4) is 0 Å². The number of rotatable bonds is 4. The second-order valence-corrected chi connectivity index (χ2v) is 6.56. The number of nitrogens with one attached hydrogen (secondary N) is 2. The predicted octanol–water partition coefficient (Wildman–Crippen LogP) is 3.44. The molecule has 1 amide bonds. The van der Waals surface area contributed by atoms with Crippen molar-refractivity contribution in [2.75, 3.05) is 11.9 Å². The first-order chi connectivity index (χ1) is 13.4. The van der Waals surface area contributed by atoms with E-state index in [1.54, 1.807) is 6.07 Å². The monoisotopic (exact) mass is 390 g/mol. The van der Waals surface area contributed by atoms with Gasteiger partial charge in [-0.1, -0.05) is 6.07 Å². The first-order valence-electron chi connectivity index (χ1n) is 8.70. The Labute approximate surface area is 158 Å². The number of halogens is 3. The number of benzene rings is 1. The highest BCUT2D eigenvalue weighted by molar-refractivity contribution is 6.03. The highest BCUT2D eigenvalue weighted by Gasteiger charge is 2.34. The van der Waals surface area contributed by atoms with E-state index in [0.717, 1.165) is 31.1 Å². The van der Waals surface area contributed by atoms with Crippen molar-refractivity contribution in [3.63, 3.8) is 0 Å². The zero-order chi connectivity index (χ0) is 19.7. The molecule has 1 aromatic carbocycles. The average molecular weight is 390 g/mol. The van der Waals surface area contributed by atoms with Crippen molar-refractivity contribution < 1.29 is 22.4 Å². The molecule has 2 N–H and O–H groups in total. The van der Waals surface area contributed by atoms with E-state index in [9.17, 15) is 18.0 Å². The van der Waals surface area contributed by atoms with Gasteiger partial charge in [-0.3, -0.25) is 4.79 Å². The van der Waals surface area contributed by atoms with Crippen LogP contribution in [0.1, 0.15) is 33.0 Å². The molecule has 0 bridgehead atoms. The summed E-state index contributed by atoms with van der Waals surface area (Å²) in [5, 5.41) is 5.98. The zero-order valence-electron chi connectivity index (χ0n) is 14.7. The van der Waals surface area contributed by atoms with Crippen molar-refractivity contribution >= 4 is 11.7 Å². The van der Waals surface area contributed by atoms with Gasteiger partial charge in [-0.05, 0) is 48.4 Å². The van der Waals surface area contributed by atoms with Gasteiger partial charge in [0.15, 0.2) is 5.82 Å². The summed E-state index contributed by atoms with van der Waals surface area (Å²) in [6.07, 6.45) is -0.689. The molecule has 0 aliphatic carbocycles. The van der Waals surface area contributed by atoms with Crippen LogP contribution in [0, 0.1) is 0 Å². The molecule has 0 fully saturated rings. The molecule has 4 rings (SSSR count). The number of hydrogen-bond donors (Lipinski definition) is 2. The highest BCUT2D eigenvalue weighted by atomic mass is 19.4. The molecule has 1 aliphatic rings. The van der Waals surface area contributed by atoms with Gasteiger partial charge in [0.05, 0.1) is 12.9 Å². The fraction of sp³-hybridized carbons (Fsp3) is 0.263. The number of carbonyl (C=O) groups excluding carboxylic acids is 1. The minimum absolute atomic E-state index is 0.0742. The van der Waals surface area contributed by atoms with Crippen LogP contribution in [0.25, 0.3) is 0 Å². The second-order valence-electron chi connectivity index (χ2n) is 6.56. The van der Waals surface area contributed by atoms with Crippen LogP contribution in [0.3, 0.4) is 0 Å². The predicted molar refractivity (Wildman–Crippen MR) is 94.8 cm³/mol. The third-order valence-corrected chi connectivity index (χ3v) is 4.51. The van der Waals surface area contributed by atoms with Crippen LogP contribution in [-0.2, 0) is 25.7 Å². The Morgan fingerprint density at radius 1 is 1.25 bits per heavy atom. The number of carbonyl (C=O) groups is 1. The van der Waals surface area contributed by atoms with Crippen molar-refractivity contribution in [2.24, 2.45) is 0 Å². The van der Waals surface area contributed by atoms with Crippen molar-refractivity contribution in [1.29, 1.82) is 0 Å². The maximum absolute atomic E-state index is 12.6. The molecule has 1 aliphatic heterocycles. The summed E-state index contributed by atoms with van der Waals surface area (Å²) >= 11 is 0.